The van der Waals surface area contributed by atoms with Gasteiger partial charge in [0.25, 0.3) is 0 Å². The molecule has 7 heteroatoms. The second-order valence-electron chi connectivity index (χ2n) is 11.1. The molecule has 0 amide bonds. The first-order valence-corrected chi connectivity index (χ1v) is 15.2. The molecule has 0 atom stereocenters. The van der Waals surface area contributed by atoms with Crippen LogP contribution in [0.4, 0.5) is 0 Å². The third-order valence-corrected chi connectivity index (χ3v) is 7.85. The second kappa shape index (κ2) is 15.2. The van der Waals surface area contributed by atoms with Gasteiger partial charge in [0, 0.05) is 31.3 Å². The fraction of sp³-hybridized carbons (Fsp3) is 0.231. The fourth-order valence-corrected chi connectivity index (χ4v) is 5.00. The molecule has 0 N–H and O–H groups in total. The molecule has 0 radical (unpaired) electrons. The Balaban J connectivity index is 1.24. The lowest BCUT2D eigenvalue weighted by molar-refractivity contribution is 0.169. The van der Waals surface area contributed by atoms with Gasteiger partial charge < -0.3 is 23.4 Å². The molecule has 1 heterocycles. The van der Waals surface area contributed by atoms with Crippen LogP contribution in [0.5, 0.6) is 17.2 Å². The van der Waals surface area contributed by atoms with E-state index in [4.69, 9.17) is 23.4 Å². The zero-order chi connectivity index (χ0) is 32.5. The van der Waals surface area contributed by atoms with Gasteiger partial charge >= 0.3 is 0 Å². The Morgan fingerprint density at radius 3 is 1.50 bits per heavy atom. The lowest BCUT2D eigenvalue weighted by Crippen LogP contribution is -2.04. The molecule has 0 saturated heterocycles. The van der Waals surface area contributed by atoms with Crippen molar-refractivity contribution in [2.24, 2.45) is 0 Å². The first-order chi connectivity index (χ1) is 22.4. The van der Waals surface area contributed by atoms with Crippen molar-refractivity contribution in [1.29, 1.82) is 0 Å². The zero-order valence-corrected chi connectivity index (χ0v) is 27.3. The molecule has 5 rings (SSSR count). The highest BCUT2D eigenvalue weighted by Crippen LogP contribution is 2.39. The SMILES string of the molecule is COCCCOc1c(OC)cc(/C=C/c2ccc(-c3nnc(-c4ccc(/C=C/c5cc(C)c(C)c(C)c5)cc4)o3)cc2)cc1OC. The maximum absolute atomic E-state index is 6.03. The van der Waals surface area contributed by atoms with Crippen molar-refractivity contribution in [2.45, 2.75) is 27.2 Å². The fourth-order valence-electron chi connectivity index (χ4n) is 5.00. The zero-order valence-electron chi connectivity index (χ0n) is 27.3. The molecule has 0 bridgehead atoms. The first-order valence-electron chi connectivity index (χ1n) is 15.2. The van der Waals surface area contributed by atoms with Gasteiger partial charge in [-0.25, -0.2) is 0 Å². The Kier molecular flexibility index (Phi) is 10.7. The van der Waals surface area contributed by atoms with Gasteiger partial charge in [0.2, 0.25) is 17.5 Å². The predicted molar refractivity (Wildman–Crippen MR) is 185 cm³/mol. The highest BCUT2D eigenvalue weighted by atomic mass is 16.5. The number of aryl methyl sites for hydroxylation is 2. The minimum atomic E-state index is 0.468. The second-order valence-corrected chi connectivity index (χ2v) is 11.1. The predicted octanol–water partition coefficient (Wildman–Crippen LogP) is 9.10. The maximum atomic E-state index is 6.03. The third-order valence-electron chi connectivity index (χ3n) is 7.85. The molecule has 0 aliphatic heterocycles. The normalized spacial score (nSPS) is 11.4. The monoisotopic (exact) mass is 616 g/mol. The third kappa shape index (κ3) is 7.92. The van der Waals surface area contributed by atoms with Crippen LogP contribution in [0.25, 0.3) is 47.2 Å². The lowest BCUT2D eigenvalue weighted by Gasteiger charge is -2.15. The average Bonchev–Trinajstić information content (AvgIpc) is 3.58. The van der Waals surface area contributed by atoms with E-state index in [0.29, 0.717) is 42.2 Å². The van der Waals surface area contributed by atoms with Crippen LogP contribution >= 0.6 is 0 Å². The van der Waals surface area contributed by atoms with Gasteiger partial charge in [-0.1, -0.05) is 60.7 Å². The molecule has 1 aromatic heterocycles. The molecular formula is C39H40N2O5. The van der Waals surface area contributed by atoms with Crippen LogP contribution in [0.1, 0.15) is 45.4 Å². The highest BCUT2D eigenvalue weighted by molar-refractivity contribution is 5.74. The van der Waals surface area contributed by atoms with Crippen LogP contribution in [0.3, 0.4) is 0 Å². The summed E-state index contributed by atoms with van der Waals surface area (Å²) < 4.78 is 28.2. The quantitative estimate of drug-likeness (QED) is 0.0965. The van der Waals surface area contributed by atoms with Crippen molar-refractivity contribution in [3.8, 4) is 40.2 Å². The summed E-state index contributed by atoms with van der Waals surface area (Å²) in [7, 11) is 4.91. The number of benzene rings is 4. The molecule has 0 fully saturated rings. The van der Waals surface area contributed by atoms with E-state index in [2.05, 4.69) is 67.4 Å². The van der Waals surface area contributed by atoms with E-state index in [9.17, 15) is 0 Å². The van der Waals surface area contributed by atoms with Crippen LogP contribution < -0.4 is 14.2 Å². The minimum absolute atomic E-state index is 0.468. The van der Waals surface area contributed by atoms with Crippen molar-refractivity contribution < 1.29 is 23.4 Å². The van der Waals surface area contributed by atoms with E-state index < -0.39 is 0 Å². The smallest absolute Gasteiger partial charge is 0.248 e. The lowest BCUT2D eigenvalue weighted by atomic mass is 10.00. The molecule has 0 saturated carbocycles. The summed E-state index contributed by atoms with van der Waals surface area (Å²) in [5.74, 6) is 2.75. The van der Waals surface area contributed by atoms with Crippen LogP contribution in [0.15, 0.2) is 77.2 Å². The van der Waals surface area contributed by atoms with E-state index in [1.54, 1.807) is 21.3 Å². The van der Waals surface area contributed by atoms with Gasteiger partial charge in [-0.15, -0.1) is 10.2 Å². The summed E-state index contributed by atoms with van der Waals surface area (Å²) >= 11 is 0. The largest absolute Gasteiger partial charge is 0.493 e. The summed E-state index contributed by atoms with van der Waals surface area (Å²) in [4.78, 5) is 0. The highest BCUT2D eigenvalue weighted by Gasteiger charge is 2.14. The summed E-state index contributed by atoms with van der Waals surface area (Å²) in [6, 6.07) is 24.3. The molecule has 0 aliphatic carbocycles. The number of ether oxygens (including phenoxy) is 4. The first kappa shape index (κ1) is 32.3. The Bertz CT molecular complexity index is 1770. The number of aromatic nitrogens is 2. The van der Waals surface area contributed by atoms with E-state index >= 15 is 0 Å². The van der Waals surface area contributed by atoms with Crippen molar-refractivity contribution in [2.75, 3.05) is 34.5 Å². The summed E-state index contributed by atoms with van der Waals surface area (Å²) in [5.41, 5.74) is 9.89. The van der Waals surface area contributed by atoms with Crippen molar-refractivity contribution >= 4 is 24.3 Å². The van der Waals surface area contributed by atoms with Crippen molar-refractivity contribution in [3.63, 3.8) is 0 Å². The molecule has 0 spiro atoms. The van der Waals surface area contributed by atoms with Gasteiger partial charge in [-0.2, -0.15) is 0 Å². The van der Waals surface area contributed by atoms with Gasteiger partial charge in [0.15, 0.2) is 11.5 Å². The molecular weight excluding hydrogens is 576 g/mol. The Labute approximate surface area is 271 Å². The Morgan fingerprint density at radius 2 is 1.04 bits per heavy atom. The van der Waals surface area contributed by atoms with E-state index in [1.807, 2.05) is 60.7 Å². The summed E-state index contributed by atoms with van der Waals surface area (Å²) in [6.45, 7) is 7.59. The minimum Gasteiger partial charge on any atom is -0.493 e. The van der Waals surface area contributed by atoms with Crippen LogP contribution in [-0.4, -0.2) is 44.7 Å². The van der Waals surface area contributed by atoms with Gasteiger partial charge in [-0.3, -0.25) is 0 Å². The topological polar surface area (TPSA) is 75.8 Å². The van der Waals surface area contributed by atoms with Crippen LogP contribution in [0, 0.1) is 20.8 Å². The van der Waals surface area contributed by atoms with Gasteiger partial charge in [0.05, 0.1) is 20.8 Å². The maximum Gasteiger partial charge on any atom is 0.248 e. The molecule has 46 heavy (non-hydrogen) atoms. The van der Waals surface area contributed by atoms with Crippen LogP contribution in [-0.2, 0) is 4.74 Å². The van der Waals surface area contributed by atoms with E-state index in [1.165, 1.54) is 22.3 Å². The van der Waals surface area contributed by atoms with Gasteiger partial charge in [0.1, 0.15) is 0 Å². The standard InChI is InChI=1S/C39H40N2O5/c1-26-22-31(23-27(2)28(26)3)10-8-29-12-16-33(17-13-29)38-40-41-39(46-38)34-18-14-30(15-19-34)9-11-32-24-35(43-5)37(36(25-32)44-6)45-21-7-20-42-4/h8-19,22-25H,7,20-21H2,1-6H3/b10-8+,11-9+. The molecule has 0 aliphatic rings. The summed E-state index contributed by atoms with van der Waals surface area (Å²) in [6.07, 6.45) is 9.05. The van der Waals surface area contributed by atoms with Crippen LogP contribution in [0.2, 0.25) is 0 Å². The molecule has 7 nitrogen and oxygen atoms in total. The van der Waals surface area contributed by atoms with Gasteiger partial charge in [-0.05, 0) is 96.1 Å². The number of methoxy groups -OCH3 is 3. The Hall–Kier alpha value is -5.14. The molecule has 5 aromatic rings. The number of nitrogens with zero attached hydrogens (tertiary/aromatic N) is 2. The number of rotatable bonds is 13. The number of hydrogen-bond donors (Lipinski definition) is 0. The summed E-state index contributed by atoms with van der Waals surface area (Å²) in [5, 5.41) is 8.58. The molecule has 0 unspecified atom stereocenters. The molecule has 4 aromatic carbocycles. The average molecular weight is 617 g/mol. The Morgan fingerprint density at radius 1 is 0.587 bits per heavy atom. The molecule has 236 valence electrons. The number of hydrogen-bond acceptors (Lipinski definition) is 7. The van der Waals surface area contributed by atoms with E-state index in [0.717, 1.165) is 34.2 Å². The van der Waals surface area contributed by atoms with Crippen molar-refractivity contribution in [1.82, 2.24) is 10.2 Å². The van der Waals surface area contributed by atoms with E-state index in [-0.39, 0.29) is 0 Å². The van der Waals surface area contributed by atoms with Crippen molar-refractivity contribution in [3.05, 3.63) is 112 Å².